The molecule has 126 valence electrons. The quantitative estimate of drug-likeness (QED) is 0.730. The van der Waals surface area contributed by atoms with E-state index in [1.165, 1.54) is 11.3 Å². The molecule has 0 fully saturated rings. The summed E-state index contributed by atoms with van der Waals surface area (Å²) in [5.41, 5.74) is 0.990. The smallest absolute Gasteiger partial charge is 0.192 e. The number of carbonyl (C=O) groups is 1. The molecule has 3 rings (SSSR count). The van der Waals surface area contributed by atoms with E-state index in [2.05, 4.69) is 9.89 Å². The molecule has 0 N–H and O–H groups in total. The third-order valence-electron chi connectivity index (χ3n) is 3.97. The zero-order valence-electron chi connectivity index (χ0n) is 13.9. The minimum Gasteiger partial charge on any atom is -0.494 e. The Morgan fingerprint density at radius 3 is 2.71 bits per heavy atom. The van der Waals surface area contributed by atoms with Crippen LogP contribution in [0.5, 0.6) is 5.75 Å². The van der Waals surface area contributed by atoms with Gasteiger partial charge in [0.15, 0.2) is 5.78 Å². The van der Waals surface area contributed by atoms with Gasteiger partial charge in [-0.15, -0.1) is 11.3 Å². The summed E-state index contributed by atoms with van der Waals surface area (Å²) in [7, 11) is 0. The van der Waals surface area contributed by atoms with Crippen molar-refractivity contribution in [3.8, 4) is 5.75 Å². The maximum absolute atomic E-state index is 12.6. The number of Topliss-reactive ketones (excluding diaryl/α,β-unsaturated/α-hetero) is 1. The van der Waals surface area contributed by atoms with Gasteiger partial charge in [0, 0.05) is 18.7 Å². The summed E-state index contributed by atoms with van der Waals surface area (Å²) in [6, 6.07) is 11.7. The first kappa shape index (κ1) is 16.7. The molecule has 0 amide bonds. The van der Waals surface area contributed by atoms with E-state index in [0.717, 1.165) is 48.0 Å². The normalized spacial score (nSPS) is 14.1. The Morgan fingerprint density at radius 1 is 1.25 bits per heavy atom. The van der Waals surface area contributed by atoms with Gasteiger partial charge in [0.1, 0.15) is 11.6 Å². The van der Waals surface area contributed by atoms with Gasteiger partial charge in [-0.05, 0) is 55.5 Å². The molecule has 1 aliphatic heterocycles. The Kier molecular flexibility index (Phi) is 5.64. The molecule has 2 aromatic rings. The molecule has 1 aromatic carbocycles. The average molecular weight is 342 g/mol. The van der Waals surface area contributed by atoms with Gasteiger partial charge in [0.25, 0.3) is 0 Å². The van der Waals surface area contributed by atoms with Gasteiger partial charge in [-0.1, -0.05) is 6.07 Å². The summed E-state index contributed by atoms with van der Waals surface area (Å²) in [5.74, 6) is 1.99. The number of ketones is 1. The first-order chi connectivity index (χ1) is 11.8. The van der Waals surface area contributed by atoms with Crippen molar-refractivity contribution in [2.45, 2.75) is 26.2 Å². The highest BCUT2D eigenvalue weighted by Gasteiger charge is 2.20. The second kappa shape index (κ2) is 8.11. The highest BCUT2D eigenvalue weighted by Crippen LogP contribution is 2.23. The number of amidine groups is 1. The third kappa shape index (κ3) is 4.03. The molecule has 0 radical (unpaired) electrons. The lowest BCUT2D eigenvalue weighted by Gasteiger charge is -2.27. The molecule has 0 atom stereocenters. The molecule has 0 unspecified atom stereocenters. The zero-order chi connectivity index (χ0) is 16.8. The molecular weight excluding hydrogens is 320 g/mol. The zero-order valence-corrected chi connectivity index (χ0v) is 14.7. The summed E-state index contributed by atoms with van der Waals surface area (Å²) in [5, 5.41) is 1.94. The fourth-order valence-corrected chi connectivity index (χ4v) is 3.44. The van der Waals surface area contributed by atoms with Crippen LogP contribution in [0.4, 0.5) is 5.69 Å². The van der Waals surface area contributed by atoms with Crippen molar-refractivity contribution in [1.29, 1.82) is 0 Å². The average Bonchev–Trinajstić information content (AvgIpc) is 3.16. The van der Waals surface area contributed by atoms with E-state index in [-0.39, 0.29) is 5.78 Å². The van der Waals surface area contributed by atoms with Gasteiger partial charge in [-0.3, -0.25) is 9.79 Å². The maximum Gasteiger partial charge on any atom is 0.192 e. The number of anilines is 1. The number of hydrogen-bond acceptors (Lipinski definition) is 5. The van der Waals surface area contributed by atoms with E-state index in [1.54, 1.807) is 0 Å². The van der Waals surface area contributed by atoms with Crippen LogP contribution in [0.25, 0.3) is 0 Å². The lowest BCUT2D eigenvalue weighted by atomic mass is 10.1. The summed E-state index contributed by atoms with van der Waals surface area (Å²) < 4.78 is 5.51. The van der Waals surface area contributed by atoms with E-state index in [1.807, 2.05) is 48.7 Å². The number of rotatable bonds is 6. The Labute approximate surface area is 146 Å². The topological polar surface area (TPSA) is 41.9 Å². The van der Waals surface area contributed by atoms with Crippen molar-refractivity contribution in [1.82, 2.24) is 0 Å². The molecule has 1 aliphatic rings. The molecule has 0 aliphatic carbocycles. The predicted octanol–water partition coefficient (Wildman–Crippen LogP) is 4.42. The second-order valence-electron chi connectivity index (χ2n) is 5.67. The first-order valence-corrected chi connectivity index (χ1v) is 9.26. The monoisotopic (exact) mass is 342 g/mol. The van der Waals surface area contributed by atoms with Crippen molar-refractivity contribution >= 4 is 28.6 Å². The molecule has 0 saturated heterocycles. The van der Waals surface area contributed by atoms with Crippen LogP contribution in [0.3, 0.4) is 0 Å². The molecular formula is C19H22N2O2S. The summed E-state index contributed by atoms with van der Waals surface area (Å²) >= 11 is 1.49. The third-order valence-corrected chi connectivity index (χ3v) is 4.88. The SMILES string of the molecule is CCOc1ccc(N(CC(=O)c2cccs2)C2=NCCCC2)cc1. The van der Waals surface area contributed by atoms with Crippen LogP contribution in [0.2, 0.25) is 0 Å². The molecule has 24 heavy (non-hydrogen) atoms. The fraction of sp³-hybridized carbons (Fsp3) is 0.368. The van der Waals surface area contributed by atoms with Gasteiger partial charge in [0.2, 0.25) is 0 Å². The summed E-state index contributed by atoms with van der Waals surface area (Å²) in [6.45, 7) is 3.78. The van der Waals surface area contributed by atoms with Gasteiger partial charge < -0.3 is 9.64 Å². The van der Waals surface area contributed by atoms with Crippen LogP contribution in [-0.4, -0.2) is 31.3 Å². The van der Waals surface area contributed by atoms with Crippen LogP contribution in [0.1, 0.15) is 35.9 Å². The molecule has 0 bridgehead atoms. The van der Waals surface area contributed by atoms with Crippen LogP contribution >= 0.6 is 11.3 Å². The van der Waals surface area contributed by atoms with Crippen molar-refractivity contribution in [2.75, 3.05) is 24.6 Å². The van der Waals surface area contributed by atoms with Crippen molar-refractivity contribution in [3.63, 3.8) is 0 Å². The first-order valence-electron chi connectivity index (χ1n) is 8.38. The van der Waals surface area contributed by atoms with Crippen molar-refractivity contribution < 1.29 is 9.53 Å². The molecule has 5 heteroatoms. The largest absolute Gasteiger partial charge is 0.494 e. The van der Waals surface area contributed by atoms with Crippen molar-refractivity contribution in [3.05, 3.63) is 46.7 Å². The number of nitrogens with zero attached hydrogens (tertiary/aromatic N) is 2. The van der Waals surface area contributed by atoms with Crippen LogP contribution in [0.15, 0.2) is 46.8 Å². The lowest BCUT2D eigenvalue weighted by molar-refractivity contribution is 0.101. The van der Waals surface area contributed by atoms with Crippen LogP contribution < -0.4 is 9.64 Å². The minimum atomic E-state index is 0.132. The molecule has 0 saturated carbocycles. The molecule has 0 spiro atoms. The van der Waals surface area contributed by atoms with Gasteiger partial charge in [-0.25, -0.2) is 0 Å². The number of ether oxygens (including phenoxy) is 1. The predicted molar refractivity (Wildman–Crippen MR) is 99.8 cm³/mol. The van der Waals surface area contributed by atoms with E-state index in [4.69, 9.17) is 4.74 Å². The molecule has 2 heterocycles. The number of aliphatic imine (C=N–C) groups is 1. The molecule has 1 aromatic heterocycles. The Bertz CT molecular complexity index is 693. The number of benzene rings is 1. The summed E-state index contributed by atoms with van der Waals surface area (Å²) in [6.07, 6.45) is 3.17. The van der Waals surface area contributed by atoms with Gasteiger partial charge in [0.05, 0.1) is 18.0 Å². The lowest BCUT2D eigenvalue weighted by Crippen LogP contribution is -2.36. The fourth-order valence-electron chi connectivity index (χ4n) is 2.78. The minimum absolute atomic E-state index is 0.132. The van der Waals surface area contributed by atoms with E-state index in [0.29, 0.717) is 13.2 Å². The number of hydrogen-bond donors (Lipinski definition) is 0. The Balaban J connectivity index is 1.84. The van der Waals surface area contributed by atoms with E-state index in [9.17, 15) is 4.79 Å². The van der Waals surface area contributed by atoms with Gasteiger partial charge >= 0.3 is 0 Å². The van der Waals surface area contributed by atoms with Crippen molar-refractivity contribution in [2.24, 2.45) is 4.99 Å². The number of carbonyl (C=O) groups excluding carboxylic acids is 1. The Hall–Kier alpha value is -2.14. The van der Waals surface area contributed by atoms with Crippen LogP contribution in [0, 0.1) is 0 Å². The second-order valence-corrected chi connectivity index (χ2v) is 6.62. The highest BCUT2D eigenvalue weighted by molar-refractivity contribution is 7.12. The molecule has 4 nitrogen and oxygen atoms in total. The highest BCUT2D eigenvalue weighted by atomic mass is 32.1. The number of thiophene rings is 1. The van der Waals surface area contributed by atoms with Crippen LogP contribution in [-0.2, 0) is 0 Å². The maximum atomic E-state index is 12.6. The summed E-state index contributed by atoms with van der Waals surface area (Å²) in [4.78, 5) is 20.1. The van der Waals surface area contributed by atoms with E-state index >= 15 is 0 Å². The van der Waals surface area contributed by atoms with Gasteiger partial charge in [-0.2, -0.15) is 0 Å². The van der Waals surface area contributed by atoms with E-state index < -0.39 is 0 Å². The standard InChI is InChI=1S/C19H22N2O2S/c1-2-23-16-10-8-15(9-11-16)21(19-7-3-4-12-20-19)14-17(22)18-6-5-13-24-18/h5-6,8-11,13H,2-4,7,12,14H2,1H3. The Morgan fingerprint density at radius 2 is 2.08 bits per heavy atom.